The minimum absolute atomic E-state index is 0.256. The number of hydrogen-bond acceptors (Lipinski definition) is 7. The fourth-order valence-electron chi connectivity index (χ4n) is 4.55. The summed E-state index contributed by atoms with van der Waals surface area (Å²) in [5, 5.41) is 9.80. The first-order chi connectivity index (χ1) is 17.7. The Labute approximate surface area is 218 Å². The maximum absolute atomic E-state index is 9.80. The van der Waals surface area contributed by atoms with Gasteiger partial charge in [-0.05, 0) is 92.2 Å². The van der Waals surface area contributed by atoms with E-state index in [9.17, 15) is 5.11 Å². The summed E-state index contributed by atoms with van der Waals surface area (Å²) in [7, 11) is 0. The molecule has 3 heterocycles. The first-order valence-corrected chi connectivity index (χ1v) is 14.0. The van der Waals surface area contributed by atoms with Crippen molar-refractivity contribution < 1.29 is 9.84 Å². The molecular formula is C29H27N3O2S2. The molecule has 0 radical (unpaired) electrons. The van der Waals surface area contributed by atoms with Crippen LogP contribution >= 0.6 is 23.1 Å². The van der Waals surface area contributed by atoms with Crippen LogP contribution in [0.3, 0.4) is 0 Å². The second-order valence-electron chi connectivity index (χ2n) is 9.00. The van der Waals surface area contributed by atoms with E-state index in [1.54, 1.807) is 35.2 Å². The largest absolute Gasteiger partial charge is 0.508 e. The molecule has 0 atom stereocenters. The normalized spacial score (nSPS) is 14.4. The maximum Gasteiger partial charge on any atom is 0.144 e. The van der Waals surface area contributed by atoms with Crippen molar-refractivity contribution in [3.8, 4) is 21.9 Å². The minimum atomic E-state index is 0.256. The lowest BCUT2D eigenvalue weighted by atomic mass is 10.1. The van der Waals surface area contributed by atoms with Crippen LogP contribution in [0.5, 0.6) is 11.5 Å². The lowest BCUT2D eigenvalue weighted by Gasteiger charge is -2.26. The van der Waals surface area contributed by atoms with E-state index in [1.165, 1.54) is 32.4 Å². The van der Waals surface area contributed by atoms with Crippen molar-refractivity contribution in [2.45, 2.75) is 29.1 Å². The molecule has 5 nitrogen and oxygen atoms in total. The number of aromatic nitrogens is 2. The lowest BCUT2D eigenvalue weighted by Crippen LogP contribution is -2.33. The molecule has 1 N–H and O–H groups in total. The van der Waals surface area contributed by atoms with Gasteiger partial charge in [-0.3, -0.25) is 4.90 Å². The van der Waals surface area contributed by atoms with Crippen molar-refractivity contribution >= 4 is 44.5 Å². The van der Waals surface area contributed by atoms with E-state index in [2.05, 4.69) is 29.2 Å². The van der Waals surface area contributed by atoms with Crippen LogP contribution in [-0.2, 0) is 0 Å². The van der Waals surface area contributed by atoms with Crippen molar-refractivity contribution in [1.29, 1.82) is 0 Å². The van der Waals surface area contributed by atoms with Crippen LogP contribution < -0.4 is 4.74 Å². The Balaban J connectivity index is 1.27. The number of benzene rings is 3. The molecule has 36 heavy (non-hydrogen) atoms. The topological polar surface area (TPSA) is 58.5 Å². The highest BCUT2D eigenvalue weighted by Crippen LogP contribution is 2.46. The number of thiophene rings is 1. The van der Waals surface area contributed by atoms with Crippen LogP contribution in [0.4, 0.5) is 0 Å². The number of nitrogens with zero attached hydrogens (tertiary/aromatic N) is 3. The van der Waals surface area contributed by atoms with Crippen molar-refractivity contribution in [2.75, 3.05) is 26.2 Å². The fourth-order valence-corrected chi connectivity index (χ4v) is 6.85. The first kappa shape index (κ1) is 23.3. The van der Waals surface area contributed by atoms with Gasteiger partial charge in [-0.2, -0.15) is 0 Å². The van der Waals surface area contributed by atoms with E-state index in [1.807, 2.05) is 36.4 Å². The van der Waals surface area contributed by atoms with Crippen molar-refractivity contribution in [3.63, 3.8) is 0 Å². The van der Waals surface area contributed by atoms with Crippen molar-refractivity contribution in [2.24, 2.45) is 0 Å². The van der Waals surface area contributed by atoms with Crippen molar-refractivity contribution in [1.82, 2.24) is 14.9 Å². The molecular weight excluding hydrogens is 486 g/mol. The lowest BCUT2D eigenvalue weighted by molar-refractivity contribution is 0.183. The summed E-state index contributed by atoms with van der Waals surface area (Å²) in [6, 6.07) is 23.6. The molecule has 7 heteroatoms. The number of likely N-dealkylation sites (tertiary alicyclic amines) is 1. The van der Waals surface area contributed by atoms with E-state index in [0.717, 1.165) is 60.5 Å². The molecule has 1 fully saturated rings. The van der Waals surface area contributed by atoms with Crippen LogP contribution in [0.25, 0.3) is 31.8 Å². The second kappa shape index (κ2) is 10.5. The van der Waals surface area contributed by atoms with Gasteiger partial charge in [-0.25, -0.2) is 9.97 Å². The number of para-hydroxylation sites is 2. The Morgan fingerprint density at radius 1 is 0.861 bits per heavy atom. The van der Waals surface area contributed by atoms with Gasteiger partial charge in [-0.1, -0.05) is 30.3 Å². The maximum atomic E-state index is 9.80. The predicted molar refractivity (Wildman–Crippen MR) is 148 cm³/mol. The molecule has 0 spiro atoms. The van der Waals surface area contributed by atoms with Crippen molar-refractivity contribution in [3.05, 3.63) is 72.8 Å². The highest BCUT2D eigenvalue weighted by molar-refractivity contribution is 8.00. The molecule has 1 aliphatic rings. The third kappa shape index (κ3) is 5.05. The standard InChI is InChI=1S/C29H27N3O2S2/c33-21-10-8-20(9-11-21)27-28(26-29(36-27)31-25-7-3-2-6-24(25)30-26)35-23-14-12-22(13-15-23)34-19-18-32-16-4-1-5-17-32/h2-3,6-15,33H,1,4-5,16-19H2. The van der Waals surface area contributed by atoms with Gasteiger partial charge in [-0.15, -0.1) is 11.3 Å². The monoisotopic (exact) mass is 513 g/mol. The average molecular weight is 514 g/mol. The van der Waals surface area contributed by atoms with Crippen LogP contribution in [-0.4, -0.2) is 46.2 Å². The number of rotatable bonds is 7. The average Bonchev–Trinajstić information content (AvgIpc) is 3.26. The minimum Gasteiger partial charge on any atom is -0.508 e. The third-order valence-corrected chi connectivity index (χ3v) is 8.82. The van der Waals surface area contributed by atoms with Gasteiger partial charge in [0.25, 0.3) is 0 Å². The summed E-state index contributed by atoms with van der Waals surface area (Å²) >= 11 is 3.33. The molecule has 0 unspecified atom stereocenters. The number of aromatic hydroxyl groups is 1. The Morgan fingerprint density at radius 2 is 1.58 bits per heavy atom. The Hall–Kier alpha value is -3.13. The molecule has 0 amide bonds. The fraction of sp³-hybridized carbons (Fsp3) is 0.241. The molecule has 5 aromatic rings. The number of ether oxygens (including phenoxy) is 1. The molecule has 2 aromatic heterocycles. The zero-order valence-corrected chi connectivity index (χ0v) is 21.5. The highest BCUT2D eigenvalue weighted by Gasteiger charge is 2.19. The SMILES string of the molecule is Oc1ccc(-c2sc3nc4ccccc4nc3c2Sc2ccc(OCCN3CCCCC3)cc2)cc1. The third-order valence-electron chi connectivity index (χ3n) is 6.46. The van der Waals surface area contributed by atoms with E-state index in [-0.39, 0.29) is 5.75 Å². The zero-order chi connectivity index (χ0) is 24.3. The highest BCUT2D eigenvalue weighted by atomic mass is 32.2. The van der Waals surface area contributed by atoms with Gasteiger partial charge in [0, 0.05) is 11.4 Å². The summed E-state index contributed by atoms with van der Waals surface area (Å²) in [6.07, 6.45) is 3.96. The number of fused-ring (bicyclic) bond motifs is 2. The first-order valence-electron chi connectivity index (χ1n) is 12.3. The van der Waals surface area contributed by atoms with Crippen LogP contribution in [0.2, 0.25) is 0 Å². The number of hydrogen-bond donors (Lipinski definition) is 1. The molecule has 1 saturated heterocycles. The van der Waals surface area contributed by atoms with Gasteiger partial charge in [0.15, 0.2) is 0 Å². The Kier molecular flexibility index (Phi) is 6.77. The Bertz CT molecular complexity index is 1480. The quantitative estimate of drug-likeness (QED) is 0.248. The predicted octanol–water partition coefficient (Wildman–Crippen LogP) is 7.23. The summed E-state index contributed by atoms with van der Waals surface area (Å²) in [6.45, 7) is 4.08. The number of piperidine rings is 1. The van der Waals surface area contributed by atoms with Gasteiger partial charge < -0.3 is 9.84 Å². The molecule has 1 aliphatic heterocycles. The molecule has 6 rings (SSSR count). The number of phenolic OH excluding ortho intramolecular Hbond substituents is 1. The van der Waals surface area contributed by atoms with Gasteiger partial charge in [0.1, 0.15) is 28.5 Å². The molecule has 182 valence electrons. The smallest absolute Gasteiger partial charge is 0.144 e. The van der Waals surface area contributed by atoms with Gasteiger partial charge in [0.05, 0.1) is 20.8 Å². The van der Waals surface area contributed by atoms with Crippen LogP contribution in [0.15, 0.2) is 82.6 Å². The Morgan fingerprint density at radius 3 is 2.33 bits per heavy atom. The van der Waals surface area contributed by atoms with E-state index < -0.39 is 0 Å². The molecule has 0 aliphatic carbocycles. The summed E-state index contributed by atoms with van der Waals surface area (Å²) < 4.78 is 6.03. The summed E-state index contributed by atoms with van der Waals surface area (Å²) in [5.74, 6) is 1.16. The molecule has 3 aromatic carbocycles. The second-order valence-corrected chi connectivity index (χ2v) is 11.1. The van der Waals surface area contributed by atoms with E-state index in [4.69, 9.17) is 14.7 Å². The van der Waals surface area contributed by atoms with E-state index in [0.29, 0.717) is 0 Å². The summed E-state index contributed by atoms with van der Waals surface area (Å²) in [5.41, 5.74) is 3.74. The molecule has 0 bridgehead atoms. The van der Waals surface area contributed by atoms with Gasteiger partial charge in [0.2, 0.25) is 0 Å². The van der Waals surface area contributed by atoms with Crippen LogP contribution in [0.1, 0.15) is 19.3 Å². The van der Waals surface area contributed by atoms with E-state index >= 15 is 0 Å². The summed E-state index contributed by atoms with van der Waals surface area (Å²) in [4.78, 5) is 16.6. The number of phenols is 1. The molecule has 0 saturated carbocycles. The van der Waals surface area contributed by atoms with Gasteiger partial charge >= 0.3 is 0 Å². The zero-order valence-electron chi connectivity index (χ0n) is 19.9. The van der Waals surface area contributed by atoms with Crippen LogP contribution in [0, 0.1) is 0 Å².